The molecule has 168 valence electrons. The minimum absolute atomic E-state index is 0.145. The number of aryl methyl sites for hydroxylation is 1. The number of carbonyl (C=O) groups excluding carboxylic acids is 1. The summed E-state index contributed by atoms with van der Waals surface area (Å²) >= 11 is 0. The molecule has 0 spiro atoms. The van der Waals surface area contributed by atoms with Gasteiger partial charge in [0.05, 0.1) is 5.56 Å². The van der Waals surface area contributed by atoms with Gasteiger partial charge in [0.15, 0.2) is 0 Å². The van der Waals surface area contributed by atoms with Gasteiger partial charge in [-0.3, -0.25) is 4.79 Å². The molecule has 0 bridgehead atoms. The van der Waals surface area contributed by atoms with Gasteiger partial charge in [0, 0.05) is 49.7 Å². The highest BCUT2D eigenvalue weighted by molar-refractivity contribution is 5.94. The zero-order chi connectivity index (χ0) is 22.8. The van der Waals surface area contributed by atoms with E-state index in [1.165, 1.54) is 0 Å². The third-order valence-corrected chi connectivity index (χ3v) is 5.50. The molecule has 1 amide bonds. The lowest BCUT2D eigenvalue weighted by atomic mass is 9.91. The van der Waals surface area contributed by atoms with Crippen LogP contribution in [0.4, 0.5) is 29.1 Å². The summed E-state index contributed by atoms with van der Waals surface area (Å²) < 4.78 is 52.1. The number of hydrogen-bond acceptors (Lipinski definition) is 4. The van der Waals surface area contributed by atoms with E-state index in [0.29, 0.717) is 25.0 Å². The Labute approximate surface area is 178 Å². The Bertz CT molecular complexity index is 938. The third kappa shape index (κ3) is 5.65. The predicted octanol–water partition coefficient (Wildman–Crippen LogP) is 4.77. The lowest BCUT2D eigenvalue weighted by molar-refractivity contribution is -0.140. The number of halogens is 4. The molecular weight excluding hydrogens is 412 g/mol. The number of hydrogen-bond donors (Lipinski definition) is 2. The Morgan fingerprint density at radius 3 is 2.35 bits per heavy atom. The molecule has 1 aromatic carbocycles. The molecule has 1 aromatic heterocycles. The molecule has 1 heterocycles. The van der Waals surface area contributed by atoms with Crippen molar-refractivity contribution in [1.82, 2.24) is 10.3 Å². The molecule has 0 aliphatic heterocycles. The number of carbonyl (C=O) groups is 1. The zero-order valence-electron chi connectivity index (χ0n) is 17.7. The van der Waals surface area contributed by atoms with E-state index in [0.717, 1.165) is 36.0 Å². The summed E-state index contributed by atoms with van der Waals surface area (Å²) in [6.07, 6.45) is -0.0850. The first-order valence-corrected chi connectivity index (χ1v) is 10.1. The van der Waals surface area contributed by atoms with Gasteiger partial charge in [0.25, 0.3) is 5.91 Å². The predicted molar refractivity (Wildman–Crippen MR) is 112 cm³/mol. The summed E-state index contributed by atoms with van der Waals surface area (Å²) in [5.41, 5.74) is 0.525. The van der Waals surface area contributed by atoms with Crippen LogP contribution in [0.5, 0.6) is 0 Å². The van der Waals surface area contributed by atoms with Crippen LogP contribution in [0.25, 0.3) is 0 Å². The zero-order valence-corrected chi connectivity index (χ0v) is 17.7. The van der Waals surface area contributed by atoms with Crippen LogP contribution in [0.1, 0.15) is 47.2 Å². The highest BCUT2D eigenvalue weighted by Crippen LogP contribution is 2.32. The summed E-state index contributed by atoms with van der Waals surface area (Å²) in [6, 6.07) is 4.35. The van der Waals surface area contributed by atoms with Crippen molar-refractivity contribution in [2.24, 2.45) is 0 Å². The monoisotopic (exact) mass is 438 g/mol. The molecule has 2 aromatic rings. The Morgan fingerprint density at radius 2 is 1.74 bits per heavy atom. The van der Waals surface area contributed by atoms with E-state index in [2.05, 4.69) is 15.6 Å². The summed E-state index contributed by atoms with van der Waals surface area (Å²) in [5, 5.41) is 6.19. The van der Waals surface area contributed by atoms with Crippen LogP contribution in [-0.4, -0.2) is 37.1 Å². The molecule has 0 unspecified atom stereocenters. The normalized spacial score (nSPS) is 19.1. The van der Waals surface area contributed by atoms with E-state index < -0.39 is 23.5 Å². The van der Waals surface area contributed by atoms with Crippen LogP contribution in [0.15, 0.2) is 30.5 Å². The number of pyridine rings is 1. The molecule has 1 aliphatic rings. The van der Waals surface area contributed by atoms with Gasteiger partial charge in [-0.1, -0.05) is 0 Å². The molecule has 1 fully saturated rings. The van der Waals surface area contributed by atoms with Crippen molar-refractivity contribution in [2.45, 2.75) is 50.9 Å². The Hall–Kier alpha value is -2.84. The van der Waals surface area contributed by atoms with E-state index in [-0.39, 0.29) is 17.6 Å². The maximum Gasteiger partial charge on any atom is 0.419 e. The highest BCUT2D eigenvalue weighted by Gasteiger charge is 2.35. The molecule has 3 rings (SSSR count). The van der Waals surface area contributed by atoms with Crippen LogP contribution < -0.4 is 15.5 Å². The SMILES string of the molecule is Cc1cnc(N[C@H]2CC[C@@H](NC(=O)c3ccc(F)c(C(F)(F)F)c3)CC2)cc1N(C)C. The second-order valence-corrected chi connectivity index (χ2v) is 8.11. The molecule has 1 saturated carbocycles. The smallest absolute Gasteiger partial charge is 0.377 e. The minimum atomic E-state index is -4.85. The summed E-state index contributed by atoms with van der Waals surface area (Å²) in [6.45, 7) is 2.00. The van der Waals surface area contributed by atoms with Crippen molar-refractivity contribution in [3.05, 3.63) is 53.0 Å². The highest BCUT2D eigenvalue weighted by atomic mass is 19.4. The molecule has 1 aliphatic carbocycles. The number of rotatable bonds is 5. The van der Waals surface area contributed by atoms with Crippen LogP contribution >= 0.6 is 0 Å². The number of amides is 1. The molecule has 0 saturated heterocycles. The van der Waals surface area contributed by atoms with Gasteiger partial charge in [-0.2, -0.15) is 13.2 Å². The van der Waals surface area contributed by atoms with Crippen molar-refractivity contribution in [3.8, 4) is 0 Å². The van der Waals surface area contributed by atoms with E-state index >= 15 is 0 Å². The number of anilines is 2. The van der Waals surface area contributed by atoms with Gasteiger partial charge in [0.1, 0.15) is 11.6 Å². The quantitative estimate of drug-likeness (QED) is 0.661. The molecule has 2 N–H and O–H groups in total. The van der Waals surface area contributed by atoms with Crippen molar-refractivity contribution < 1.29 is 22.4 Å². The maximum absolute atomic E-state index is 13.4. The topological polar surface area (TPSA) is 57.3 Å². The molecule has 0 atom stereocenters. The fourth-order valence-corrected chi connectivity index (χ4v) is 3.82. The lowest BCUT2D eigenvalue weighted by Crippen LogP contribution is -2.40. The first kappa shape index (κ1) is 22.8. The lowest BCUT2D eigenvalue weighted by Gasteiger charge is -2.30. The summed E-state index contributed by atoms with van der Waals surface area (Å²) in [5.74, 6) is -1.23. The van der Waals surface area contributed by atoms with Gasteiger partial charge in [-0.15, -0.1) is 0 Å². The number of aromatic nitrogens is 1. The first-order chi connectivity index (χ1) is 14.5. The standard InChI is InChI=1S/C22H26F4N4O/c1-13-12-27-20(11-19(13)30(2)3)28-15-5-7-16(8-6-15)29-21(31)14-4-9-18(23)17(10-14)22(24,25)26/h4,9-12,15-16H,5-8H2,1-3H3,(H,27,28)(H,29,31)/t15-,16+. The largest absolute Gasteiger partial charge is 0.419 e. The van der Waals surface area contributed by atoms with Gasteiger partial charge in [0.2, 0.25) is 0 Å². The Kier molecular flexibility index (Phi) is 6.71. The van der Waals surface area contributed by atoms with E-state index in [9.17, 15) is 22.4 Å². The summed E-state index contributed by atoms with van der Waals surface area (Å²) in [4.78, 5) is 18.8. The fraction of sp³-hybridized carbons (Fsp3) is 0.455. The van der Waals surface area contributed by atoms with Crippen molar-refractivity contribution >= 4 is 17.4 Å². The minimum Gasteiger partial charge on any atom is -0.377 e. The van der Waals surface area contributed by atoms with Crippen LogP contribution in [0.3, 0.4) is 0 Å². The number of nitrogens with zero attached hydrogens (tertiary/aromatic N) is 2. The summed E-state index contributed by atoms with van der Waals surface area (Å²) in [7, 11) is 3.94. The van der Waals surface area contributed by atoms with Crippen molar-refractivity contribution in [2.75, 3.05) is 24.3 Å². The Morgan fingerprint density at radius 1 is 1.10 bits per heavy atom. The maximum atomic E-state index is 13.4. The number of nitrogens with one attached hydrogen (secondary N) is 2. The van der Waals surface area contributed by atoms with Crippen LogP contribution in [0, 0.1) is 12.7 Å². The van der Waals surface area contributed by atoms with Gasteiger partial charge < -0.3 is 15.5 Å². The molecule has 5 nitrogen and oxygen atoms in total. The third-order valence-electron chi connectivity index (χ3n) is 5.50. The number of alkyl halides is 3. The second-order valence-electron chi connectivity index (χ2n) is 8.11. The van der Waals surface area contributed by atoms with E-state index in [4.69, 9.17) is 0 Å². The van der Waals surface area contributed by atoms with E-state index in [1.807, 2.05) is 38.2 Å². The average Bonchev–Trinajstić information content (AvgIpc) is 2.70. The van der Waals surface area contributed by atoms with Gasteiger partial charge in [-0.25, -0.2) is 9.37 Å². The Balaban J connectivity index is 1.56. The first-order valence-electron chi connectivity index (χ1n) is 10.1. The van der Waals surface area contributed by atoms with Gasteiger partial charge in [-0.05, 0) is 56.4 Å². The van der Waals surface area contributed by atoms with E-state index in [1.54, 1.807) is 0 Å². The number of benzene rings is 1. The molecule has 31 heavy (non-hydrogen) atoms. The molecule has 0 radical (unpaired) electrons. The fourth-order valence-electron chi connectivity index (χ4n) is 3.82. The van der Waals surface area contributed by atoms with Crippen molar-refractivity contribution in [1.29, 1.82) is 0 Å². The molecular formula is C22H26F4N4O. The second kappa shape index (κ2) is 9.11. The molecule has 9 heteroatoms. The van der Waals surface area contributed by atoms with Crippen LogP contribution in [0.2, 0.25) is 0 Å². The van der Waals surface area contributed by atoms with Crippen LogP contribution in [-0.2, 0) is 6.18 Å². The average molecular weight is 438 g/mol. The van der Waals surface area contributed by atoms with Crippen molar-refractivity contribution in [3.63, 3.8) is 0 Å². The van der Waals surface area contributed by atoms with Gasteiger partial charge >= 0.3 is 6.18 Å².